The van der Waals surface area contributed by atoms with E-state index in [9.17, 15) is 19.6 Å². The van der Waals surface area contributed by atoms with Crippen LogP contribution in [-0.2, 0) is 4.74 Å². The summed E-state index contributed by atoms with van der Waals surface area (Å²) in [6.07, 6.45) is 3.37. The minimum atomic E-state index is -0.823. The first-order valence-electron chi connectivity index (χ1n) is 10.3. The first-order chi connectivity index (χ1) is 16.5. The van der Waals surface area contributed by atoms with Gasteiger partial charge < -0.3 is 14.5 Å². The molecule has 1 amide bonds. The monoisotopic (exact) mass is 453 g/mol. The van der Waals surface area contributed by atoms with E-state index in [1.54, 1.807) is 72.4 Å². The van der Waals surface area contributed by atoms with E-state index < -0.39 is 18.4 Å². The van der Waals surface area contributed by atoms with Crippen molar-refractivity contribution < 1.29 is 23.5 Å². The van der Waals surface area contributed by atoms with Crippen LogP contribution in [0.1, 0.15) is 42.4 Å². The van der Waals surface area contributed by atoms with Crippen molar-refractivity contribution in [3.8, 4) is 12.0 Å². The average Bonchev–Trinajstić information content (AvgIpc) is 3.51. The van der Waals surface area contributed by atoms with Gasteiger partial charge in [-0.1, -0.05) is 18.2 Å². The SMILES string of the molecule is Cc1oc(-n2cccc2)c(C#N)c1C(=O)OCC(=O)c1ccc(NC(=O)c2ccccc2)cc1. The molecule has 2 heterocycles. The van der Waals surface area contributed by atoms with Crippen LogP contribution >= 0.6 is 0 Å². The number of hydrogen-bond donors (Lipinski definition) is 1. The smallest absolute Gasteiger partial charge is 0.343 e. The molecular formula is C26H19N3O5. The van der Waals surface area contributed by atoms with Crippen LogP contribution in [0.25, 0.3) is 5.88 Å². The number of carbonyl (C=O) groups is 3. The zero-order valence-corrected chi connectivity index (χ0v) is 18.1. The third-order valence-electron chi connectivity index (χ3n) is 5.06. The normalized spacial score (nSPS) is 10.4. The van der Waals surface area contributed by atoms with Gasteiger partial charge in [-0.15, -0.1) is 0 Å². The zero-order chi connectivity index (χ0) is 24.1. The molecule has 0 saturated heterocycles. The zero-order valence-electron chi connectivity index (χ0n) is 18.1. The summed E-state index contributed by atoms with van der Waals surface area (Å²) >= 11 is 0. The van der Waals surface area contributed by atoms with Gasteiger partial charge >= 0.3 is 5.97 Å². The van der Waals surface area contributed by atoms with Gasteiger partial charge in [-0.3, -0.25) is 14.2 Å². The second-order valence-corrected chi connectivity index (χ2v) is 7.31. The fourth-order valence-electron chi connectivity index (χ4n) is 3.35. The van der Waals surface area contributed by atoms with Gasteiger partial charge in [0.15, 0.2) is 12.4 Å². The van der Waals surface area contributed by atoms with Gasteiger partial charge in [0.1, 0.15) is 23.0 Å². The lowest BCUT2D eigenvalue weighted by Crippen LogP contribution is -2.16. The van der Waals surface area contributed by atoms with Gasteiger partial charge in [-0.25, -0.2) is 4.79 Å². The Morgan fingerprint density at radius 2 is 1.65 bits per heavy atom. The number of rotatable bonds is 7. The topological polar surface area (TPSA) is 114 Å². The van der Waals surface area contributed by atoms with E-state index in [2.05, 4.69) is 5.32 Å². The lowest BCUT2D eigenvalue weighted by Gasteiger charge is -2.07. The lowest BCUT2D eigenvalue weighted by atomic mass is 10.1. The first kappa shape index (κ1) is 22.3. The molecule has 0 radical (unpaired) electrons. The lowest BCUT2D eigenvalue weighted by molar-refractivity contribution is 0.0472. The van der Waals surface area contributed by atoms with Crippen molar-refractivity contribution in [2.75, 3.05) is 11.9 Å². The molecule has 0 aliphatic heterocycles. The van der Waals surface area contributed by atoms with Crippen LogP contribution in [0.4, 0.5) is 5.69 Å². The van der Waals surface area contributed by atoms with Crippen LogP contribution in [0.2, 0.25) is 0 Å². The molecule has 168 valence electrons. The Morgan fingerprint density at radius 3 is 2.29 bits per heavy atom. The maximum Gasteiger partial charge on any atom is 0.343 e. The van der Waals surface area contributed by atoms with Gasteiger partial charge in [-0.05, 0) is 55.5 Å². The molecule has 2 aromatic carbocycles. The van der Waals surface area contributed by atoms with Crippen molar-refractivity contribution >= 4 is 23.3 Å². The quantitative estimate of drug-likeness (QED) is 0.324. The Morgan fingerprint density at radius 1 is 0.971 bits per heavy atom. The van der Waals surface area contributed by atoms with Crippen molar-refractivity contribution in [2.24, 2.45) is 0 Å². The van der Waals surface area contributed by atoms with E-state index in [1.165, 1.54) is 12.1 Å². The number of nitrogens with zero attached hydrogens (tertiary/aromatic N) is 2. The maximum atomic E-state index is 12.6. The summed E-state index contributed by atoms with van der Waals surface area (Å²) in [5.74, 6) is -1.10. The molecular weight excluding hydrogens is 434 g/mol. The molecule has 0 aliphatic rings. The molecule has 0 saturated carbocycles. The van der Waals surface area contributed by atoms with Crippen LogP contribution in [0.5, 0.6) is 0 Å². The number of aryl methyl sites for hydroxylation is 1. The Bertz CT molecular complexity index is 1380. The fourth-order valence-corrected chi connectivity index (χ4v) is 3.35. The third kappa shape index (κ3) is 4.64. The average molecular weight is 453 g/mol. The highest BCUT2D eigenvalue weighted by molar-refractivity contribution is 6.05. The van der Waals surface area contributed by atoms with Gasteiger partial charge in [0.05, 0.1) is 0 Å². The van der Waals surface area contributed by atoms with E-state index in [-0.39, 0.29) is 28.7 Å². The summed E-state index contributed by atoms with van der Waals surface area (Å²) in [5.41, 5.74) is 1.36. The third-order valence-corrected chi connectivity index (χ3v) is 5.06. The van der Waals surface area contributed by atoms with Crippen LogP contribution in [0.15, 0.2) is 83.5 Å². The standard InChI is InChI=1S/C26H19N3O5/c1-17-23(21(15-27)25(34-17)29-13-5-6-14-29)26(32)33-16-22(30)18-9-11-20(12-10-18)28-24(31)19-7-3-2-4-8-19/h2-14H,16H2,1H3,(H,28,31). The highest BCUT2D eigenvalue weighted by atomic mass is 16.5. The van der Waals surface area contributed by atoms with E-state index >= 15 is 0 Å². The van der Waals surface area contributed by atoms with E-state index in [4.69, 9.17) is 9.15 Å². The van der Waals surface area contributed by atoms with Crippen LogP contribution < -0.4 is 5.32 Å². The predicted octanol–water partition coefficient (Wildman–Crippen LogP) is 4.54. The molecule has 0 fully saturated rings. The van der Waals surface area contributed by atoms with Crippen molar-refractivity contribution in [3.05, 3.63) is 107 Å². The highest BCUT2D eigenvalue weighted by Gasteiger charge is 2.26. The summed E-state index contributed by atoms with van der Waals surface area (Å²) in [4.78, 5) is 37.4. The minimum absolute atomic E-state index is 0.0158. The van der Waals surface area contributed by atoms with E-state index in [1.807, 2.05) is 12.1 Å². The molecule has 0 unspecified atom stereocenters. The summed E-state index contributed by atoms with van der Waals surface area (Å²) in [6, 6.07) is 20.5. The number of hydrogen-bond acceptors (Lipinski definition) is 6. The van der Waals surface area contributed by atoms with Crippen LogP contribution in [0, 0.1) is 18.3 Å². The first-order valence-corrected chi connectivity index (χ1v) is 10.3. The summed E-state index contributed by atoms with van der Waals surface area (Å²) in [7, 11) is 0. The van der Waals surface area contributed by atoms with Crippen molar-refractivity contribution in [2.45, 2.75) is 6.92 Å². The number of ether oxygens (including phenoxy) is 1. The number of amides is 1. The Balaban J connectivity index is 1.40. The molecule has 0 bridgehead atoms. The Kier molecular flexibility index (Phi) is 6.37. The number of carbonyl (C=O) groups excluding carboxylic acids is 3. The minimum Gasteiger partial charge on any atom is -0.454 e. The van der Waals surface area contributed by atoms with Crippen molar-refractivity contribution in [1.29, 1.82) is 5.26 Å². The number of nitriles is 1. The second-order valence-electron chi connectivity index (χ2n) is 7.31. The molecule has 0 aliphatic carbocycles. The van der Waals surface area contributed by atoms with Gasteiger partial charge in [0.25, 0.3) is 5.91 Å². The van der Waals surface area contributed by atoms with Crippen molar-refractivity contribution in [3.63, 3.8) is 0 Å². The number of benzene rings is 2. The molecule has 1 N–H and O–H groups in total. The van der Waals surface area contributed by atoms with Crippen LogP contribution in [0.3, 0.4) is 0 Å². The number of anilines is 1. The molecule has 8 nitrogen and oxygen atoms in total. The Labute approximate surface area is 195 Å². The Hall–Kier alpha value is -4.90. The largest absolute Gasteiger partial charge is 0.454 e. The second kappa shape index (κ2) is 9.71. The number of aromatic nitrogens is 1. The van der Waals surface area contributed by atoms with Gasteiger partial charge in [0.2, 0.25) is 5.88 Å². The van der Waals surface area contributed by atoms with Crippen LogP contribution in [-0.4, -0.2) is 28.8 Å². The van der Waals surface area contributed by atoms with E-state index in [0.717, 1.165) is 0 Å². The maximum absolute atomic E-state index is 12.6. The van der Waals surface area contributed by atoms with Crippen molar-refractivity contribution in [1.82, 2.24) is 4.57 Å². The molecule has 4 rings (SSSR count). The van der Waals surface area contributed by atoms with E-state index in [0.29, 0.717) is 16.8 Å². The molecule has 0 spiro atoms. The fraction of sp³-hybridized carbons (Fsp3) is 0.0769. The molecule has 34 heavy (non-hydrogen) atoms. The number of esters is 1. The number of nitrogens with one attached hydrogen (secondary N) is 1. The van der Waals surface area contributed by atoms with Gasteiger partial charge in [-0.2, -0.15) is 5.26 Å². The molecule has 2 aromatic heterocycles. The number of Topliss-reactive ketones (excluding diaryl/α,β-unsaturated/α-hetero) is 1. The highest BCUT2D eigenvalue weighted by Crippen LogP contribution is 2.26. The molecule has 8 heteroatoms. The number of furan rings is 1. The summed E-state index contributed by atoms with van der Waals surface area (Å²) < 4.78 is 12.3. The number of ketones is 1. The summed E-state index contributed by atoms with van der Waals surface area (Å²) in [6.45, 7) is 1.04. The molecule has 4 aromatic rings. The predicted molar refractivity (Wildman–Crippen MR) is 123 cm³/mol. The van der Waals surface area contributed by atoms with Gasteiger partial charge in [0, 0.05) is 29.2 Å². The summed E-state index contributed by atoms with van der Waals surface area (Å²) in [5, 5.41) is 12.3. The molecule has 0 atom stereocenters.